The molecule has 2 atom stereocenters. The lowest BCUT2D eigenvalue weighted by molar-refractivity contribution is 0.287. The number of rotatable bonds is 13. The highest BCUT2D eigenvalue weighted by Crippen LogP contribution is 2.33. The molecule has 0 spiro atoms. The predicted molar refractivity (Wildman–Crippen MR) is 123 cm³/mol. The summed E-state index contributed by atoms with van der Waals surface area (Å²) in [5, 5.41) is 0. The monoisotopic (exact) mass is 410 g/mol. The van der Waals surface area contributed by atoms with Gasteiger partial charge in [0.05, 0.1) is 25.7 Å². The van der Waals surface area contributed by atoms with Crippen molar-refractivity contribution in [3.05, 3.63) is 73.2 Å². The first-order chi connectivity index (χ1) is 14.5. The summed E-state index contributed by atoms with van der Waals surface area (Å²) < 4.78 is 22.3. The van der Waals surface area contributed by atoms with Crippen molar-refractivity contribution in [3.8, 4) is 23.0 Å². The molecule has 30 heavy (non-hydrogen) atoms. The summed E-state index contributed by atoms with van der Waals surface area (Å²) in [6.45, 7) is 17.0. The highest BCUT2D eigenvalue weighted by molar-refractivity contribution is 5.44. The van der Waals surface area contributed by atoms with Gasteiger partial charge >= 0.3 is 0 Å². The molecule has 0 saturated heterocycles. The predicted octanol–water partition coefficient (Wildman–Crippen LogP) is 6.59. The number of benzene rings is 2. The molecule has 162 valence electrons. The van der Waals surface area contributed by atoms with E-state index >= 15 is 0 Å². The average Bonchev–Trinajstić information content (AvgIpc) is 2.72. The van der Waals surface area contributed by atoms with E-state index in [9.17, 15) is 0 Å². The van der Waals surface area contributed by atoms with Crippen LogP contribution in [0.15, 0.2) is 62.1 Å². The average molecular weight is 411 g/mol. The van der Waals surface area contributed by atoms with E-state index in [1.54, 1.807) is 0 Å². The summed E-state index contributed by atoms with van der Waals surface area (Å²) in [6.07, 6.45) is 4.71. The highest BCUT2D eigenvalue weighted by atomic mass is 16.5. The molecule has 4 heteroatoms. The third-order valence-electron chi connectivity index (χ3n) is 5.12. The summed E-state index contributed by atoms with van der Waals surface area (Å²) in [6, 6.07) is 12.2. The summed E-state index contributed by atoms with van der Waals surface area (Å²) >= 11 is 0. The first-order valence-corrected chi connectivity index (χ1v) is 10.6. The first-order valence-electron chi connectivity index (χ1n) is 10.6. The molecule has 0 aliphatic rings. The Morgan fingerprint density at radius 2 is 1.17 bits per heavy atom. The maximum atomic E-state index is 5.77. The molecule has 2 aromatic carbocycles. The minimum atomic E-state index is 0.481. The van der Waals surface area contributed by atoms with Gasteiger partial charge < -0.3 is 18.9 Å². The van der Waals surface area contributed by atoms with Gasteiger partial charge in [-0.15, -0.1) is 0 Å². The van der Waals surface area contributed by atoms with Crippen LogP contribution in [-0.4, -0.2) is 13.2 Å². The van der Waals surface area contributed by atoms with Crippen LogP contribution in [0, 0.1) is 11.8 Å². The smallest absolute Gasteiger partial charge is 0.169 e. The van der Waals surface area contributed by atoms with Crippen molar-refractivity contribution >= 4 is 0 Å². The van der Waals surface area contributed by atoms with E-state index in [-0.39, 0.29) is 0 Å². The summed E-state index contributed by atoms with van der Waals surface area (Å²) in [4.78, 5) is 0. The third kappa shape index (κ3) is 6.58. The lowest BCUT2D eigenvalue weighted by atomic mass is 9.85. The van der Waals surface area contributed by atoms with Crippen LogP contribution >= 0.6 is 0 Å². The van der Waals surface area contributed by atoms with Crippen LogP contribution in [0.1, 0.15) is 38.8 Å². The standard InChI is InChI=1S/C26H34O4/c1-7-27-23-13-11-21(17-25(23)29-9-3)15-19(5)20(6)16-22-12-14-24(28-8-2)26(18-22)30-10-4/h7,9,11-14,17-20H,1,3,8,10,15-16H2,2,4-6H3. The fourth-order valence-electron chi connectivity index (χ4n) is 3.42. The quantitative estimate of drug-likeness (QED) is 0.349. The number of hydrogen-bond acceptors (Lipinski definition) is 4. The van der Waals surface area contributed by atoms with Gasteiger partial charge in [0.25, 0.3) is 0 Å². The SMILES string of the molecule is C=COc1ccc(CC(C)C(C)Cc2ccc(OCC)c(OCC)c2)cc1OC=C. The second-order valence-electron chi connectivity index (χ2n) is 7.36. The Morgan fingerprint density at radius 3 is 1.70 bits per heavy atom. The fraction of sp³-hybridized carbons (Fsp3) is 0.385. The second kappa shape index (κ2) is 12.0. The van der Waals surface area contributed by atoms with Gasteiger partial charge in [-0.25, -0.2) is 0 Å². The lowest BCUT2D eigenvalue weighted by Gasteiger charge is -2.21. The Bertz CT molecular complexity index is 828. The van der Waals surface area contributed by atoms with Crippen LogP contribution in [-0.2, 0) is 12.8 Å². The van der Waals surface area contributed by atoms with Crippen LogP contribution < -0.4 is 18.9 Å². The molecule has 2 rings (SSSR count). The van der Waals surface area contributed by atoms with Crippen molar-refractivity contribution in [3.63, 3.8) is 0 Å². The molecule has 0 N–H and O–H groups in total. The molecule has 0 saturated carbocycles. The molecule has 4 nitrogen and oxygen atoms in total. The molecule has 2 unspecified atom stereocenters. The van der Waals surface area contributed by atoms with Crippen LogP contribution in [0.3, 0.4) is 0 Å². The van der Waals surface area contributed by atoms with Gasteiger partial charge in [-0.1, -0.05) is 39.1 Å². The molecule has 0 fully saturated rings. The highest BCUT2D eigenvalue weighted by Gasteiger charge is 2.16. The van der Waals surface area contributed by atoms with E-state index in [1.165, 1.54) is 23.7 Å². The largest absolute Gasteiger partial charge is 0.490 e. The molecule has 0 amide bonds. The molecular formula is C26H34O4. The van der Waals surface area contributed by atoms with Crippen LogP contribution in [0.2, 0.25) is 0 Å². The maximum Gasteiger partial charge on any atom is 0.169 e. The zero-order chi connectivity index (χ0) is 21.9. The van der Waals surface area contributed by atoms with Crippen molar-refractivity contribution in [2.45, 2.75) is 40.5 Å². The Kier molecular flexibility index (Phi) is 9.33. The molecule has 2 aromatic rings. The van der Waals surface area contributed by atoms with E-state index in [0.717, 1.165) is 24.3 Å². The van der Waals surface area contributed by atoms with Gasteiger partial charge in [0, 0.05) is 0 Å². The van der Waals surface area contributed by atoms with Crippen molar-refractivity contribution < 1.29 is 18.9 Å². The molecule has 0 aliphatic heterocycles. The summed E-state index contributed by atoms with van der Waals surface area (Å²) in [7, 11) is 0. The molecule has 0 radical (unpaired) electrons. The second-order valence-corrected chi connectivity index (χ2v) is 7.36. The maximum absolute atomic E-state index is 5.77. The minimum Gasteiger partial charge on any atom is -0.490 e. The van der Waals surface area contributed by atoms with Gasteiger partial charge in [0.15, 0.2) is 23.0 Å². The van der Waals surface area contributed by atoms with E-state index < -0.39 is 0 Å². The molecule has 0 aromatic heterocycles. The van der Waals surface area contributed by atoms with Crippen molar-refractivity contribution in [1.82, 2.24) is 0 Å². The fourth-order valence-corrected chi connectivity index (χ4v) is 3.42. The van der Waals surface area contributed by atoms with Gasteiger partial charge in [-0.3, -0.25) is 0 Å². The normalized spacial score (nSPS) is 12.5. The molecular weight excluding hydrogens is 376 g/mol. The number of ether oxygens (including phenoxy) is 4. The van der Waals surface area contributed by atoms with Gasteiger partial charge in [-0.05, 0) is 73.9 Å². The van der Waals surface area contributed by atoms with Crippen molar-refractivity contribution in [2.24, 2.45) is 11.8 Å². The Morgan fingerprint density at radius 1 is 0.700 bits per heavy atom. The summed E-state index contributed by atoms with van der Waals surface area (Å²) in [5.74, 6) is 3.88. The van der Waals surface area contributed by atoms with E-state index in [0.29, 0.717) is 36.5 Å². The lowest BCUT2D eigenvalue weighted by Crippen LogP contribution is -2.14. The third-order valence-corrected chi connectivity index (χ3v) is 5.12. The first kappa shape index (κ1) is 23.4. The zero-order valence-corrected chi connectivity index (χ0v) is 18.6. The Labute approximate surface area is 181 Å². The van der Waals surface area contributed by atoms with Gasteiger partial charge in [0.2, 0.25) is 0 Å². The van der Waals surface area contributed by atoms with E-state index in [1.807, 2.05) is 32.0 Å². The summed E-state index contributed by atoms with van der Waals surface area (Å²) in [5.41, 5.74) is 2.45. The van der Waals surface area contributed by atoms with Crippen molar-refractivity contribution in [1.29, 1.82) is 0 Å². The van der Waals surface area contributed by atoms with Crippen LogP contribution in [0.25, 0.3) is 0 Å². The van der Waals surface area contributed by atoms with Crippen molar-refractivity contribution in [2.75, 3.05) is 13.2 Å². The zero-order valence-electron chi connectivity index (χ0n) is 18.6. The Hall–Kier alpha value is -2.88. The molecule has 0 heterocycles. The van der Waals surface area contributed by atoms with Crippen LogP contribution in [0.4, 0.5) is 0 Å². The minimum absolute atomic E-state index is 0.481. The Balaban J connectivity index is 2.08. The topological polar surface area (TPSA) is 36.9 Å². The van der Waals surface area contributed by atoms with E-state index in [4.69, 9.17) is 18.9 Å². The van der Waals surface area contributed by atoms with Gasteiger partial charge in [-0.2, -0.15) is 0 Å². The van der Waals surface area contributed by atoms with Crippen LogP contribution in [0.5, 0.6) is 23.0 Å². The van der Waals surface area contributed by atoms with E-state index in [2.05, 4.69) is 45.2 Å². The molecule has 0 aliphatic carbocycles. The molecule has 0 bridgehead atoms. The van der Waals surface area contributed by atoms with Gasteiger partial charge in [0.1, 0.15) is 0 Å². The number of hydrogen-bond donors (Lipinski definition) is 0.